The van der Waals surface area contributed by atoms with Crippen LogP contribution in [0.1, 0.15) is 53.7 Å². The van der Waals surface area contributed by atoms with Crippen molar-refractivity contribution in [3.05, 3.63) is 58.7 Å². The largest absolute Gasteiger partial charge is 0.336 e. The van der Waals surface area contributed by atoms with Crippen LogP contribution in [0.25, 0.3) is 22.2 Å². The van der Waals surface area contributed by atoms with Crippen LogP contribution < -0.4 is 4.84 Å². The predicted molar refractivity (Wildman–Crippen MR) is 108 cm³/mol. The zero-order valence-electron chi connectivity index (χ0n) is 16.4. The standard InChI is InChI=1S/C23H19N3O3/c1-4-20(27)22-18-10-16(12-24)17(13-25)11-19(18)26(29-21(28)5-2)23(22)15-8-6-14(3)7-9-15/h6-11H,4-5H2,1-3H3. The van der Waals surface area contributed by atoms with E-state index in [-0.39, 0.29) is 29.8 Å². The van der Waals surface area contributed by atoms with Crippen molar-refractivity contribution < 1.29 is 14.4 Å². The second kappa shape index (κ2) is 8.00. The number of carbonyl (C=O) groups excluding carboxylic acids is 2. The Bertz CT molecular complexity index is 1210. The fraction of sp³-hybridized carbons (Fsp3) is 0.217. The first-order chi connectivity index (χ1) is 13.9. The van der Waals surface area contributed by atoms with Gasteiger partial charge < -0.3 is 4.84 Å². The lowest BCUT2D eigenvalue weighted by Gasteiger charge is -2.12. The molecule has 6 nitrogen and oxygen atoms in total. The van der Waals surface area contributed by atoms with Gasteiger partial charge in [0.1, 0.15) is 12.1 Å². The first-order valence-corrected chi connectivity index (χ1v) is 9.29. The fourth-order valence-corrected chi connectivity index (χ4v) is 3.18. The van der Waals surface area contributed by atoms with Crippen LogP contribution in [-0.2, 0) is 4.79 Å². The zero-order valence-corrected chi connectivity index (χ0v) is 16.4. The summed E-state index contributed by atoms with van der Waals surface area (Å²) in [5.41, 5.74) is 3.27. The highest BCUT2D eigenvalue weighted by atomic mass is 16.7. The van der Waals surface area contributed by atoms with Gasteiger partial charge in [-0.25, -0.2) is 4.79 Å². The summed E-state index contributed by atoms with van der Waals surface area (Å²) in [4.78, 5) is 30.6. The molecule has 6 heteroatoms. The molecule has 144 valence electrons. The molecule has 0 unspecified atom stereocenters. The molecule has 2 aromatic carbocycles. The molecule has 0 radical (unpaired) electrons. The Morgan fingerprint density at radius 2 is 1.62 bits per heavy atom. The molecule has 0 aliphatic carbocycles. The second-order valence-electron chi connectivity index (χ2n) is 6.62. The minimum atomic E-state index is -0.478. The number of fused-ring (bicyclic) bond motifs is 1. The maximum Gasteiger partial charge on any atom is 0.332 e. The van der Waals surface area contributed by atoms with Crippen molar-refractivity contribution in [3.63, 3.8) is 0 Å². The molecule has 0 bridgehead atoms. The third-order valence-corrected chi connectivity index (χ3v) is 4.71. The Balaban J connectivity index is 2.50. The lowest BCUT2D eigenvalue weighted by molar-refractivity contribution is -0.143. The number of carbonyl (C=O) groups is 2. The molecule has 0 saturated heterocycles. The van der Waals surface area contributed by atoms with E-state index in [0.717, 1.165) is 5.56 Å². The monoisotopic (exact) mass is 385 g/mol. The summed E-state index contributed by atoms with van der Waals surface area (Å²) in [6, 6.07) is 14.5. The van der Waals surface area contributed by atoms with E-state index >= 15 is 0 Å². The predicted octanol–water partition coefficient (Wildman–Crippen LogP) is 4.32. The third-order valence-electron chi connectivity index (χ3n) is 4.71. The van der Waals surface area contributed by atoms with Crippen LogP contribution in [0.3, 0.4) is 0 Å². The number of rotatable bonds is 5. The van der Waals surface area contributed by atoms with Crippen LogP contribution in [0.5, 0.6) is 0 Å². The molecule has 0 aliphatic rings. The van der Waals surface area contributed by atoms with Gasteiger partial charge in [-0.2, -0.15) is 15.3 Å². The maximum absolute atomic E-state index is 12.9. The van der Waals surface area contributed by atoms with Gasteiger partial charge >= 0.3 is 5.97 Å². The number of hydrogen-bond acceptors (Lipinski definition) is 5. The van der Waals surface area contributed by atoms with E-state index in [1.165, 1.54) is 16.9 Å². The molecule has 0 aliphatic heterocycles. The molecule has 0 amide bonds. The van der Waals surface area contributed by atoms with Crippen molar-refractivity contribution in [2.45, 2.75) is 33.6 Å². The highest BCUT2D eigenvalue weighted by molar-refractivity contribution is 6.14. The summed E-state index contributed by atoms with van der Waals surface area (Å²) in [7, 11) is 0. The second-order valence-corrected chi connectivity index (χ2v) is 6.62. The van der Waals surface area contributed by atoms with Gasteiger partial charge in [-0.15, -0.1) is 0 Å². The number of aromatic nitrogens is 1. The zero-order chi connectivity index (χ0) is 21.1. The topological polar surface area (TPSA) is 95.9 Å². The smallest absolute Gasteiger partial charge is 0.332 e. The summed E-state index contributed by atoms with van der Waals surface area (Å²) in [5.74, 6) is -0.626. The van der Waals surface area contributed by atoms with E-state index in [2.05, 4.69) is 0 Å². The minimum Gasteiger partial charge on any atom is -0.336 e. The number of Topliss-reactive ketones (excluding diaryl/α,β-unsaturated/α-hetero) is 1. The lowest BCUT2D eigenvalue weighted by atomic mass is 9.98. The van der Waals surface area contributed by atoms with Crippen molar-refractivity contribution >= 4 is 22.7 Å². The van der Waals surface area contributed by atoms with E-state index in [1.807, 2.05) is 43.3 Å². The number of benzene rings is 2. The summed E-state index contributed by atoms with van der Waals surface area (Å²) in [5, 5.41) is 19.3. The molecule has 3 aromatic rings. The van der Waals surface area contributed by atoms with E-state index in [9.17, 15) is 20.1 Å². The van der Waals surface area contributed by atoms with Gasteiger partial charge in [0.05, 0.1) is 27.9 Å². The van der Waals surface area contributed by atoms with Crippen LogP contribution >= 0.6 is 0 Å². The van der Waals surface area contributed by atoms with Crippen LogP contribution in [0.2, 0.25) is 0 Å². The summed E-state index contributed by atoms with van der Waals surface area (Å²) >= 11 is 0. The SMILES string of the molecule is CCC(=O)On1c(-c2ccc(C)cc2)c(C(=O)CC)c2cc(C#N)c(C#N)cc21. The van der Waals surface area contributed by atoms with Crippen LogP contribution in [-0.4, -0.2) is 16.5 Å². The van der Waals surface area contributed by atoms with Gasteiger partial charge in [0.25, 0.3) is 0 Å². The number of nitrogens with zero attached hydrogens (tertiary/aromatic N) is 3. The van der Waals surface area contributed by atoms with E-state index < -0.39 is 5.97 Å². The Morgan fingerprint density at radius 3 is 2.17 bits per heavy atom. The van der Waals surface area contributed by atoms with Crippen LogP contribution in [0, 0.1) is 29.6 Å². The minimum absolute atomic E-state index is 0.144. The summed E-state index contributed by atoms with van der Waals surface area (Å²) in [6.07, 6.45) is 0.382. The van der Waals surface area contributed by atoms with Gasteiger partial charge in [0.15, 0.2) is 5.78 Å². The van der Waals surface area contributed by atoms with Gasteiger partial charge in [0, 0.05) is 23.8 Å². The van der Waals surface area contributed by atoms with Gasteiger partial charge in [0.2, 0.25) is 0 Å². The Kier molecular flexibility index (Phi) is 5.47. The van der Waals surface area contributed by atoms with Crippen molar-refractivity contribution in [2.75, 3.05) is 0 Å². The molecule has 0 N–H and O–H groups in total. The highest BCUT2D eigenvalue weighted by Gasteiger charge is 2.26. The van der Waals surface area contributed by atoms with Crippen molar-refractivity contribution in [1.29, 1.82) is 10.5 Å². The van der Waals surface area contributed by atoms with E-state index in [1.54, 1.807) is 13.8 Å². The molecule has 0 saturated carbocycles. The first kappa shape index (κ1) is 19.9. The summed E-state index contributed by atoms with van der Waals surface area (Å²) in [6.45, 7) is 5.37. The molecular weight excluding hydrogens is 366 g/mol. The number of aryl methyl sites for hydroxylation is 1. The number of hydrogen-bond donors (Lipinski definition) is 0. The van der Waals surface area contributed by atoms with Crippen LogP contribution in [0.4, 0.5) is 0 Å². The number of nitriles is 2. The van der Waals surface area contributed by atoms with Gasteiger partial charge in [-0.1, -0.05) is 43.7 Å². The average Bonchev–Trinajstić information content (AvgIpc) is 3.05. The number of ketones is 1. The molecule has 3 rings (SSSR count). The molecule has 1 heterocycles. The third kappa shape index (κ3) is 3.49. The van der Waals surface area contributed by atoms with Crippen LogP contribution in [0.15, 0.2) is 36.4 Å². The molecule has 0 spiro atoms. The lowest BCUT2D eigenvalue weighted by Crippen LogP contribution is -2.20. The normalized spacial score (nSPS) is 10.4. The molecule has 0 fully saturated rings. The van der Waals surface area contributed by atoms with Gasteiger partial charge in [-0.05, 0) is 19.1 Å². The molecular formula is C23H19N3O3. The first-order valence-electron chi connectivity index (χ1n) is 9.29. The van der Waals surface area contributed by atoms with Crippen molar-refractivity contribution in [1.82, 2.24) is 4.73 Å². The van der Waals surface area contributed by atoms with Crippen molar-refractivity contribution in [2.24, 2.45) is 0 Å². The molecule has 1 aromatic heterocycles. The quantitative estimate of drug-likeness (QED) is 0.610. The Morgan fingerprint density at radius 1 is 1.00 bits per heavy atom. The fourth-order valence-electron chi connectivity index (χ4n) is 3.18. The molecule has 0 atom stereocenters. The van der Waals surface area contributed by atoms with Crippen molar-refractivity contribution in [3.8, 4) is 23.4 Å². The maximum atomic E-state index is 12.9. The Hall–Kier alpha value is -3.90. The summed E-state index contributed by atoms with van der Waals surface area (Å²) < 4.78 is 1.32. The highest BCUT2D eigenvalue weighted by Crippen LogP contribution is 2.36. The molecule has 29 heavy (non-hydrogen) atoms. The van der Waals surface area contributed by atoms with E-state index in [0.29, 0.717) is 27.7 Å². The van der Waals surface area contributed by atoms with Gasteiger partial charge in [-0.3, -0.25) is 4.79 Å². The average molecular weight is 385 g/mol. The Labute approximate surface area is 168 Å². The van der Waals surface area contributed by atoms with E-state index in [4.69, 9.17) is 4.84 Å².